The van der Waals surface area contributed by atoms with E-state index in [9.17, 15) is 17.2 Å². The van der Waals surface area contributed by atoms with Crippen molar-refractivity contribution >= 4 is 19.7 Å². The van der Waals surface area contributed by atoms with E-state index >= 15 is 0 Å². The molecule has 0 saturated carbocycles. The molecular weight excluding hydrogens is 330 g/mol. The van der Waals surface area contributed by atoms with E-state index in [1.807, 2.05) is 0 Å². The highest BCUT2D eigenvalue weighted by molar-refractivity contribution is 8.13. The first kappa shape index (κ1) is 18.1. The van der Waals surface area contributed by atoms with Crippen molar-refractivity contribution in [2.24, 2.45) is 0 Å². The molecule has 0 N–H and O–H groups in total. The van der Waals surface area contributed by atoms with Crippen LogP contribution in [0.5, 0.6) is 5.75 Å². The number of rotatable bonds is 9. The Bertz CT molecular complexity index is 565. The van der Waals surface area contributed by atoms with E-state index in [1.165, 1.54) is 7.11 Å². The van der Waals surface area contributed by atoms with Gasteiger partial charge in [-0.1, -0.05) is 0 Å². The molecule has 0 bridgehead atoms. The SMILES string of the molecule is COCCOCCCOc1c(F)cc(F)cc1S(=O)(=O)Cl. The molecule has 5 nitrogen and oxygen atoms in total. The van der Waals surface area contributed by atoms with Crippen LogP contribution in [0.1, 0.15) is 6.42 Å². The van der Waals surface area contributed by atoms with Crippen LogP contribution in [0, 0.1) is 11.6 Å². The topological polar surface area (TPSA) is 61.8 Å². The minimum Gasteiger partial charge on any atom is -0.489 e. The molecule has 0 atom stereocenters. The third-order valence-electron chi connectivity index (χ3n) is 2.35. The van der Waals surface area contributed by atoms with Crippen LogP contribution in [-0.2, 0) is 18.5 Å². The predicted molar refractivity (Wildman–Crippen MR) is 72.2 cm³/mol. The largest absolute Gasteiger partial charge is 0.489 e. The Kier molecular flexibility index (Phi) is 7.30. The van der Waals surface area contributed by atoms with Gasteiger partial charge < -0.3 is 14.2 Å². The highest BCUT2D eigenvalue weighted by Gasteiger charge is 2.22. The first-order chi connectivity index (χ1) is 9.86. The molecule has 0 unspecified atom stereocenters. The summed E-state index contributed by atoms with van der Waals surface area (Å²) in [5.41, 5.74) is 0. The van der Waals surface area contributed by atoms with E-state index in [-0.39, 0.29) is 6.61 Å². The van der Waals surface area contributed by atoms with Crippen LogP contribution in [0.4, 0.5) is 8.78 Å². The molecule has 21 heavy (non-hydrogen) atoms. The van der Waals surface area contributed by atoms with Gasteiger partial charge in [-0.25, -0.2) is 17.2 Å². The van der Waals surface area contributed by atoms with Gasteiger partial charge in [-0.15, -0.1) is 0 Å². The lowest BCUT2D eigenvalue weighted by Gasteiger charge is -2.11. The molecule has 1 rings (SSSR count). The summed E-state index contributed by atoms with van der Waals surface area (Å²) in [4.78, 5) is -0.734. The molecule has 0 saturated heterocycles. The fraction of sp³-hybridized carbons (Fsp3) is 0.500. The number of hydrogen-bond donors (Lipinski definition) is 0. The number of hydrogen-bond acceptors (Lipinski definition) is 5. The van der Waals surface area contributed by atoms with Crippen LogP contribution in [0.2, 0.25) is 0 Å². The molecule has 1 aromatic rings. The zero-order valence-corrected chi connectivity index (χ0v) is 12.8. The van der Waals surface area contributed by atoms with Gasteiger partial charge in [0.1, 0.15) is 10.7 Å². The molecule has 0 aliphatic carbocycles. The summed E-state index contributed by atoms with van der Waals surface area (Å²) < 4.78 is 64.2. The first-order valence-corrected chi connectivity index (χ1v) is 8.30. The lowest BCUT2D eigenvalue weighted by molar-refractivity contribution is 0.0640. The van der Waals surface area contributed by atoms with E-state index in [4.69, 9.17) is 24.9 Å². The number of ether oxygens (including phenoxy) is 3. The van der Waals surface area contributed by atoms with Gasteiger partial charge in [0.05, 0.1) is 19.8 Å². The fourth-order valence-electron chi connectivity index (χ4n) is 1.44. The minimum atomic E-state index is -4.31. The van der Waals surface area contributed by atoms with Gasteiger partial charge in [0.25, 0.3) is 9.05 Å². The number of benzene rings is 1. The van der Waals surface area contributed by atoms with Crippen LogP contribution in [-0.4, -0.2) is 42.0 Å². The standard InChI is InChI=1S/C12H15ClF2O5S/c1-18-5-6-19-3-2-4-20-12-10(15)7-9(14)8-11(12)21(13,16)17/h7-8H,2-6H2,1H3. The molecule has 0 aliphatic heterocycles. The Morgan fingerprint density at radius 2 is 1.86 bits per heavy atom. The maximum atomic E-state index is 13.6. The van der Waals surface area contributed by atoms with Crippen molar-refractivity contribution in [3.63, 3.8) is 0 Å². The van der Waals surface area contributed by atoms with Gasteiger partial charge in [-0.3, -0.25) is 0 Å². The summed E-state index contributed by atoms with van der Waals surface area (Å²) in [5.74, 6) is -2.78. The van der Waals surface area contributed by atoms with Gasteiger partial charge >= 0.3 is 0 Å². The average Bonchev–Trinajstić information content (AvgIpc) is 2.38. The van der Waals surface area contributed by atoms with Crippen LogP contribution in [0.25, 0.3) is 0 Å². The lowest BCUT2D eigenvalue weighted by atomic mass is 10.3. The molecule has 120 valence electrons. The average molecular weight is 345 g/mol. The van der Waals surface area contributed by atoms with Crippen molar-refractivity contribution in [2.75, 3.05) is 33.5 Å². The zero-order valence-electron chi connectivity index (χ0n) is 11.3. The van der Waals surface area contributed by atoms with Crippen molar-refractivity contribution in [3.8, 4) is 5.75 Å². The quantitative estimate of drug-likeness (QED) is 0.508. The lowest BCUT2D eigenvalue weighted by Crippen LogP contribution is -2.09. The van der Waals surface area contributed by atoms with Gasteiger partial charge in [0.15, 0.2) is 11.6 Å². The smallest absolute Gasteiger partial charge is 0.265 e. The molecule has 0 fully saturated rings. The third-order valence-corrected chi connectivity index (χ3v) is 3.68. The van der Waals surface area contributed by atoms with Crippen molar-refractivity contribution in [1.82, 2.24) is 0 Å². The van der Waals surface area contributed by atoms with E-state index in [1.54, 1.807) is 0 Å². The van der Waals surface area contributed by atoms with Crippen LogP contribution in [0.15, 0.2) is 17.0 Å². The molecular formula is C12H15ClF2O5S. The zero-order chi connectivity index (χ0) is 15.9. The van der Waals surface area contributed by atoms with Gasteiger partial charge in [0, 0.05) is 36.9 Å². The van der Waals surface area contributed by atoms with Crippen LogP contribution < -0.4 is 4.74 Å². The molecule has 0 amide bonds. The predicted octanol–water partition coefficient (Wildman–Crippen LogP) is 2.32. The van der Waals surface area contributed by atoms with Crippen LogP contribution >= 0.6 is 10.7 Å². The molecule has 0 aromatic heterocycles. The van der Waals surface area contributed by atoms with Gasteiger partial charge in [-0.2, -0.15) is 0 Å². The molecule has 0 radical (unpaired) electrons. The normalized spacial score (nSPS) is 11.6. The van der Waals surface area contributed by atoms with E-state index in [2.05, 4.69) is 0 Å². The first-order valence-electron chi connectivity index (χ1n) is 5.99. The van der Waals surface area contributed by atoms with Gasteiger partial charge in [0.2, 0.25) is 0 Å². The Labute approximate surface area is 126 Å². The van der Waals surface area contributed by atoms with Crippen LogP contribution in [0.3, 0.4) is 0 Å². The molecule has 1 aromatic carbocycles. The van der Waals surface area contributed by atoms with Gasteiger partial charge in [-0.05, 0) is 6.07 Å². The summed E-state index contributed by atoms with van der Waals surface area (Å²) in [5, 5.41) is 0. The number of methoxy groups -OCH3 is 1. The van der Waals surface area contributed by atoms with Crippen molar-refractivity contribution in [2.45, 2.75) is 11.3 Å². The molecule has 0 spiro atoms. The fourth-order valence-corrected chi connectivity index (χ4v) is 2.41. The second kappa shape index (κ2) is 8.47. The summed E-state index contributed by atoms with van der Waals surface area (Å²) in [6.45, 7) is 1.18. The maximum absolute atomic E-state index is 13.6. The molecule has 9 heteroatoms. The summed E-state index contributed by atoms with van der Waals surface area (Å²) in [6, 6.07) is 1.13. The third kappa shape index (κ3) is 6.13. The summed E-state index contributed by atoms with van der Waals surface area (Å²) in [7, 11) is 2.35. The van der Waals surface area contributed by atoms with Crippen molar-refractivity contribution < 1.29 is 31.4 Å². The minimum absolute atomic E-state index is 0.00502. The van der Waals surface area contributed by atoms with E-state index in [0.717, 1.165) is 0 Å². The highest BCUT2D eigenvalue weighted by Crippen LogP contribution is 2.30. The number of halogens is 3. The highest BCUT2D eigenvalue weighted by atomic mass is 35.7. The molecule has 0 heterocycles. The second-order valence-corrected chi connectivity index (χ2v) is 6.49. The Morgan fingerprint density at radius 1 is 1.14 bits per heavy atom. The molecule has 0 aliphatic rings. The Balaban J connectivity index is 2.63. The summed E-state index contributed by atoms with van der Waals surface area (Å²) >= 11 is 0. The second-order valence-electron chi connectivity index (χ2n) is 3.96. The van der Waals surface area contributed by atoms with E-state index < -0.39 is 31.3 Å². The monoisotopic (exact) mass is 344 g/mol. The van der Waals surface area contributed by atoms with Crippen molar-refractivity contribution in [1.29, 1.82) is 0 Å². The van der Waals surface area contributed by atoms with E-state index in [0.29, 0.717) is 38.4 Å². The summed E-state index contributed by atoms with van der Waals surface area (Å²) in [6.07, 6.45) is 0.391. The Morgan fingerprint density at radius 3 is 2.48 bits per heavy atom. The van der Waals surface area contributed by atoms with Crippen molar-refractivity contribution in [3.05, 3.63) is 23.8 Å². The maximum Gasteiger partial charge on any atom is 0.265 e. The Hall–Kier alpha value is -0.960.